The predicted molar refractivity (Wildman–Crippen MR) is 113 cm³/mol. The van der Waals surface area contributed by atoms with Gasteiger partial charge < -0.3 is 10.4 Å². The standard InChI is InChI=1S/C14H15F3N6O7S4/c15-14(16,17)4-31-3-7(24)18-8-10(25)23-9(12(26)27)6(1-32-11(8)23)2-33-13-19-20-21-22(13)5-34(28,29)30/h8,11H,1-5H2,(H,18,24)(H,26,27)(H,28,29,30). The number of β-lactam (4-membered cyclic amide) rings is 1. The zero-order chi connectivity index (χ0) is 25.3. The van der Waals surface area contributed by atoms with Gasteiger partial charge >= 0.3 is 12.1 Å². The van der Waals surface area contributed by atoms with E-state index in [1.807, 2.05) is 0 Å². The van der Waals surface area contributed by atoms with E-state index in [0.29, 0.717) is 17.3 Å². The Balaban J connectivity index is 1.65. The Morgan fingerprint density at radius 3 is 2.65 bits per heavy atom. The minimum Gasteiger partial charge on any atom is -0.477 e. The van der Waals surface area contributed by atoms with Gasteiger partial charge in [0.25, 0.3) is 16.0 Å². The second-order valence-electron chi connectivity index (χ2n) is 6.78. The molecule has 0 aliphatic carbocycles. The van der Waals surface area contributed by atoms with Crippen molar-refractivity contribution in [3.05, 3.63) is 11.3 Å². The van der Waals surface area contributed by atoms with Crippen molar-refractivity contribution in [2.45, 2.75) is 28.6 Å². The van der Waals surface area contributed by atoms with Crippen molar-refractivity contribution in [1.29, 1.82) is 0 Å². The van der Waals surface area contributed by atoms with E-state index >= 15 is 0 Å². The van der Waals surface area contributed by atoms with E-state index < -0.39 is 62.9 Å². The van der Waals surface area contributed by atoms with Gasteiger partial charge in [0.05, 0.1) is 11.5 Å². The SMILES string of the molecule is O=C(CSCC(F)(F)F)NC1C(=O)N2C(C(=O)O)=C(CSc3nnnn3CS(=O)(=O)O)CSC12. The summed E-state index contributed by atoms with van der Waals surface area (Å²) < 4.78 is 68.4. The third kappa shape index (κ3) is 6.55. The van der Waals surface area contributed by atoms with Crippen LogP contribution in [0.4, 0.5) is 13.2 Å². The molecule has 0 aromatic carbocycles. The molecule has 2 amide bonds. The number of tetrazole rings is 1. The van der Waals surface area contributed by atoms with E-state index in [1.54, 1.807) is 0 Å². The number of amides is 2. The van der Waals surface area contributed by atoms with Crippen LogP contribution < -0.4 is 5.32 Å². The van der Waals surface area contributed by atoms with Gasteiger partial charge in [0, 0.05) is 11.5 Å². The van der Waals surface area contributed by atoms with E-state index in [-0.39, 0.29) is 22.4 Å². The molecule has 2 atom stereocenters. The second-order valence-corrected chi connectivity index (χ2v) is 11.2. The molecule has 20 heteroatoms. The van der Waals surface area contributed by atoms with Gasteiger partial charge in [-0.05, 0) is 16.0 Å². The molecule has 3 N–H and O–H groups in total. The first-order valence-corrected chi connectivity index (χ1v) is 13.7. The van der Waals surface area contributed by atoms with Crippen molar-refractivity contribution in [3.8, 4) is 0 Å². The number of fused-ring (bicyclic) bond motifs is 1. The van der Waals surface area contributed by atoms with Crippen molar-refractivity contribution in [3.63, 3.8) is 0 Å². The van der Waals surface area contributed by atoms with E-state index in [1.165, 1.54) is 0 Å². The smallest absolute Gasteiger partial charge is 0.397 e. The molecule has 2 aliphatic heterocycles. The number of carboxylic acid groups (broad SMARTS) is 1. The van der Waals surface area contributed by atoms with Gasteiger partial charge in [-0.15, -0.1) is 28.6 Å². The summed E-state index contributed by atoms with van der Waals surface area (Å²) in [5.74, 6) is -5.43. The molecule has 0 radical (unpaired) electrons. The van der Waals surface area contributed by atoms with Gasteiger partial charge in [-0.2, -0.15) is 21.6 Å². The van der Waals surface area contributed by atoms with E-state index in [4.69, 9.17) is 4.55 Å². The molecule has 1 aromatic rings. The molecule has 0 bridgehead atoms. The van der Waals surface area contributed by atoms with Crippen LogP contribution in [0.25, 0.3) is 0 Å². The molecular formula is C14H15F3N6O7S4. The van der Waals surface area contributed by atoms with E-state index in [2.05, 4.69) is 20.8 Å². The number of carboxylic acids is 1. The van der Waals surface area contributed by atoms with Crippen molar-refractivity contribution in [1.82, 2.24) is 30.4 Å². The Labute approximate surface area is 202 Å². The summed E-state index contributed by atoms with van der Waals surface area (Å²) in [6.45, 7) is 0. The first-order chi connectivity index (χ1) is 15.8. The quantitative estimate of drug-likeness (QED) is 0.190. The average Bonchev–Trinajstić information content (AvgIpc) is 3.13. The lowest BCUT2D eigenvalue weighted by Gasteiger charge is -2.49. The predicted octanol–water partition coefficient (Wildman–Crippen LogP) is -0.355. The fourth-order valence-electron chi connectivity index (χ4n) is 2.96. The zero-order valence-electron chi connectivity index (χ0n) is 16.6. The molecule has 0 spiro atoms. The molecule has 1 saturated heterocycles. The number of nitrogens with one attached hydrogen (secondary N) is 1. The fourth-order valence-corrected chi connectivity index (χ4v) is 6.48. The van der Waals surface area contributed by atoms with Gasteiger partial charge in [-0.3, -0.25) is 19.0 Å². The lowest BCUT2D eigenvalue weighted by Crippen LogP contribution is -2.70. The maximum atomic E-state index is 12.5. The number of nitrogens with zero attached hydrogens (tertiary/aromatic N) is 5. The molecule has 3 rings (SSSR count). The molecule has 34 heavy (non-hydrogen) atoms. The Bertz CT molecular complexity index is 1130. The first kappa shape index (κ1) is 26.6. The number of aromatic nitrogens is 4. The number of rotatable bonds is 10. The summed E-state index contributed by atoms with van der Waals surface area (Å²) in [6, 6.07) is -1.07. The molecule has 0 saturated carbocycles. The highest BCUT2D eigenvalue weighted by Crippen LogP contribution is 2.41. The fraction of sp³-hybridized carbons (Fsp3) is 0.571. The topological polar surface area (TPSA) is 185 Å². The van der Waals surface area contributed by atoms with E-state index in [0.717, 1.165) is 33.1 Å². The number of alkyl halides is 3. The minimum atomic E-state index is -4.43. The van der Waals surface area contributed by atoms with Gasteiger partial charge in [0.15, 0.2) is 5.88 Å². The highest BCUT2D eigenvalue weighted by molar-refractivity contribution is 8.01. The van der Waals surface area contributed by atoms with Crippen LogP contribution >= 0.6 is 35.3 Å². The van der Waals surface area contributed by atoms with E-state index in [9.17, 15) is 41.1 Å². The van der Waals surface area contributed by atoms with Crippen molar-refractivity contribution < 1.29 is 45.6 Å². The molecule has 3 heterocycles. The largest absolute Gasteiger partial charge is 0.477 e. The van der Waals surface area contributed by atoms with Gasteiger partial charge in [0.1, 0.15) is 17.1 Å². The van der Waals surface area contributed by atoms with Gasteiger partial charge in [-0.1, -0.05) is 11.8 Å². The lowest BCUT2D eigenvalue weighted by molar-refractivity contribution is -0.150. The number of carbonyl (C=O) groups is 3. The zero-order valence-corrected chi connectivity index (χ0v) is 19.9. The number of carbonyl (C=O) groups excluding carboxylic acids is 2. The highest BCUT2D eigenvalue weighted by Gasteiger charge is 2.54. The Morgan fingerprint density at radius 2 is 2.03 bits per heavy atom. The van der Waals surface area contributed by atoms with Crippen LogP contribution in [-0.2, 0) is 30.4 Å². The maximum absolute atomic E-state index is 12.5. The summed E-state index contributed by atoms with van der Waals surface area (Å²) in [5, 5.41) is 21.6. The molecule has 2 aliphatic rings. The monoisotopic (exact) mass is 564 g/mol. The van der Waals surface area contributed by atoms with Crippen molar-refractivity contribution in [2.24, 2.45) is 0 Å². The van der Waals surface area contributed by atoms with Crippen LogP contribution in [0.2, 0.25) is 0 Å². The summed E-state index contributed by atoms with van der Waals surface area (Å²) >= 11 is 2.38. The molecule has 188 valence electrons. The normalized spacial score (nSPS) is 20.7. The number of hydrogen-bond acceptors (Lipinski definition) is 11. The van der Waals surface area contributed by atoms with Crippen LogP contribution in [0.1, 0.15) is 0 Å². The highest BCUT2D eigenvalue weighted by atomic mass is 32.2. The Hall–Kier alpha value is -2.03. The number of thioether (sulfide) groups is 3. The van der Waals surface area contributed by atoms with Crippen LogP contribution in [0.5, 0.6) is 0 Å². The third-order valence-corrected chi connectivity index (χ3v) is 8.18. The van der Waals surface area contributed by atoms with Crippen LogP contribution in [0.15, 0.2) is 16.4 Å². The minimum absolute atomic E-state index is 0.0154. The Kier molecular flexibility index (Phi) is 8.05. The molecule has 13 nitrogen and oxygen atoms in total. The van der Waals surface area contributed by atoms with Crippen LogP contribution in [-0.4, -0.2) is 102 Å². The van der Waals surface area contributed by atoms with Gasteiger partial charge in [-0.25, -0.2) is 9.48 Å². The molecule has 1 fully saturated rings. The number of aliphatic carboxylic acids is 1. The average molecular weight is 565 g/mol. The van der Waals surface area contributed by atoms with Crippen LogP contribution in [0, 0.1) is 0 Å². The van der Waals surface area contributed by atoms with Crippen molar-refractivity contribution in [2.75, 3.05) is 23.0 Å². The summed E-state index contributed by atoms with van der Waals surface area (Å²) in [4.78, 5) is 37.3. The summed E-state index contributed by atoms with van der Waals surface area (Å²) in [5.41, 5.74) is -0.00832. The first-order valence-electron chi connectivity index (χ1n) is 8.95. The second kappa shape index (κ2) is 10.3. The molecule has 1 aromatic heterocycles. The summed E-state index contributed by atoms with van der Waals surface area (Å²) in [6.07, 6.45) is -4.43. The number of hydrogen-bond donors (Lipinski definition) is 3. The maximum Gasteiger partial charge on any atom is 0.397 e. The molecule has 2 unspecified atom stereocenters. The lowest BCUT2D eigenvalue weighted by atomic mass is 10.0. The van der Waals surface area contributed by atoms with Crippen molar-refractivity contribution >= 4 is 63.2 Å². The van der Waals surface area contributed by atoms with Gasteiger partial charge in [0.2, 0.25) is 11.1 Å². The van der Waals surface area contributed by atoms with Crippen LogP contribution in [0.3, 0.4) is 0 Å². The Morgan fingerprint density at radius 1 is 1.32 bits per heavy atom. The number of halogens is 3. The third-order valence-electron chi connectivity index (χ3n) is 4.23. The molecular weight excluding hydrogens is 549 g/mol. The summed E-state index contributed by atoms with van der Waals surface area (Å²) in [7, 11) is -4.43.